The average molecular weight is 154 g/mol. The molecule has 1 aromatic carbocycles. The number of anilines is 2. The summed E-state index contributed by atoms with van der Waals surface area (Å²) in [7, 11) is 0. The van der Waals surface area contributed by atoms with Gasteiger partial charge in [0.2, 0.25) is 0 Å². The highest BCUT2D eigenvalue weighted by atomic mass is 16.3. The summed E-state index contributed by atoms with van der Waals surface area (Å²) in [5.41, 5.74) is 12.4. The summed E-state index contributed by atoms with van der Waals surface area (Å²) >= 11 is 0. The quantitative estimate of drug-likeness (QED) is 0.391. The zero-order valence-corrected chi connectivity index (χ0v) is 5.76. The van der Waals surface area contributed by atoms with Crippen LogP contribution < -0.4 is 11.5 Å². The highest BCUT2D eigenvalue weighted by molar-refractivity contribution is 5.67. The fourth-order valence-corrected chi connectivity index (χ4v) is 0.836. The van der Waals surface area contributed by atoms with Gasteiger partial charge in [0, 0.05) is 0 Å². The van der Waals surface area contributed by atoms with Crippen LogP contribution in [0, 0.1) is 6.92 Å². The summed E-state index contributed by atoms with van der Waals surface area (Å²) < 4.78 is 0. The maximum atomic E-state index is 9.08. The Morgan fingerprint density at radius 2 is 1.55 bits per heavy atom. The standard InChI is InChI=1S/C7H10N2O.CH4/c1-4-2-5(8)7(10)6(9)3-4;/h2-3,10H,8-9H2,1H3;1H4. The fourth-order valence-electron chi connectivity index (χ4n) is 0.836. The van der Waals surface area contributed by atoms with Crippen LogP contribution in [0.25, 0.3) is 0 Å². The number of nitrogen functional groups attached to an aromatic ring is 2. The maximum Gasteiger partial charge on any atom is 0.161 e. The summed E-state index contributed by atoms with van der Waals surface area (Å²) in [6.07, 6.45) is 0. The highest BCUT2D eigenvalue weighted by Gasteiger charge is 2.00. The lowest BCUT2D eigenvalue weighted by molar-refractivity contribution is 0.480. The van der Waals surface area contributed by atoms with E-state index < -0.39 is 0 Å². The van der Waals surface area contributed by atoms with Gasteiger partial charge >= 0.3 is 0 Å². The Bertz CT molecular complexity index is 235. The van der Waals surface area contributed by atoms with Crippen molar-refractivity contribution in [3.05, 3.63) is 17.7 Å². The van der Waals surface area contributed by atoms with Gasteiger partial charge in [-0.2, -0.15) is 0 Å². The second-order valence-electron chi connectivity index (χ2n) is 2.29. The van der Waals surface area contributed by atoms with Gasteiger partial charge in [-0.3, -0.25) is 0 Å². The van der Waals surface area contributed by atoms with Crippen molar-refractivity contribution in [1.82, 2.24) is 0 Å². The number of aromatic hydroxyl groups is 1. The number of phenols is 1. The zero-order chi connectivity index (χ0) is 7.72. The lowest BCUT2D eigenvalue weighted by Gasteiger charge is -2.02. The monoisotopic (exact) mass is 154 g/mol. The maximum absolute atomic E-state index is 9.08. The molecule has 3 nitrogen and oxygen atoms in total. The van der Waals surface area contributed by atoms with Crippen LogP contribution in [0.4, 0.5) is 11.4 Å². The van der Waals surface area contributed by atoms with E-state index in [1.165, 1.54) is 0 Å². The smallest absolute Gasteiger partial charge is 0.161 e. The molecule has 1 rings (SSSR count). The molecule has 0 bridgehead atoms. The van der Waals surface area contributed by atoms with Crippen molar-refractivity contribution in [2.24, 2.45) is 0 Å². The Morgan fingerprint density at radius 3 is 1.91 bits per heavy atom. The van der Waals surface area contributed by atoms with E-state index >= 15 is 0 Å². The van der Waals surface area contributed by atoms with Crippen molar-refractivity contribution < 1.29 is 5.11 Å². The number of rotatable bonds is 0. The zero-order valence-electron chi connectivity index (χ0n) is 5.76. The Hall–Kier alpha value is -1.38. The largest absolute Gasteiger partial charge is 0.504 e. The van der Waals surface area contributed by atoms with Gasteiger partial charge < -0.3 is 16.6 Å². The molecule has 0 spiro atoms. The third kappa shape index (κ3) is 1.77. The van der Waals surface area contributed by atoms with Crippen molar-refractivity contribution in [1.29, 1.82) is 0 Å². The van der Waals surface area contributed by atoms with Crippen LogP contribution in [0.2, 0.25) is 0 Å². The predicted octanol–water partition coefficient (Wildman–Crippen LogP) is 1.50. The molecule has 62 valence electrons. The molecular weight excluding hydrogens is 140 g/mol. The second-order valence-corrected chi connectivity index (χ2v) is 2.29. The molecule has 0 heterocycles. The lowest BCUT2D eigenvalue weighted by Crippen LogP contribution is -1.92. The summed E-state index contributed by atoms with van der Waals surface area (Å²) in [5.74, 6) is -0.0226. The van der Waals surface area contributed by atoms with Crippen LogP contribution in [0.3, 0.4) is 0 Å². The van der Waals surface area contributed by atoms with Crippen LogP contribution >= 0.6 is 0 Å². The molecule has 3 heteroatoms. The molecule has 0 atom stereocenters. The third-order valence-corrected chi connectivity index (χ3v) is 1.31. The molecule has 0 aliphatic carbocycles. The van der Waals surface area contributed by atoms with Crippen LogP contribution in [0.15, 0.2) is 12.1 Å². The van der Waals surface area contributed by atoms with Crippen LogP contribution in [-0.4, -0.2) is 5.11 Å². The van der Waals surface area contributed by atoms with E-state index in [2.05, 4.69) is 0 Å². The van der Waals surface area contributed by atoms with E-state index in [4.69, 9.17) is 16.6 Å². The summed E-state index contributed by atoms with van der Waals surface area (Å²) in [5, 5.41) is 9.08. The second kappa shape index (κ2) is 3.14. The molecule has 0 radical (unpaired) electrons. The number of phenolic OH excluding ortho intramolecular Hbond substituents is 1. The predicted molar refractivity (Wildman–Crippen MR) is 48.4 cm³/mol. The third-order valence-electron chi connectivity index (χ3n) is 1.31. The lowest BCUT2D eigenvalue weighted by atomic mass is 10.2. The van der Waals surface area contributed by atoms with Gasteiger partial charge in [-0.05, 0) is 24.6 Å². The van der Waals surface area contributed by atoms with E-state index in [9.17, 15) is 0 Å². The molecular formula is C8H14N2O. The Labute approximate surface area is 66.6 Å². The van der Waals surface area contributed by atoms with Gasteiger partial charge in [0.1, 0.15) is 0 Å². The van der Waals surface area contributed by atoms with Crippen molar-refractivity contribution >= 4 is 11.4 Å². The molecule has 5 N–H and O–H groups in total. The minimum absolute atomic E-state index is 0. The van der Waals surface area contributed by atoms with Gasteiger partial charge in [-0.15, -0.1) is 0 Å². The average Bonchev–Trinajstić information content (AvgIpc) is 1.82. The van der Waals surface area contributed by atoms with Gasteiger partial charge in [0.25, 0.3) is 0 Å². The molecule has 0 saturated carbocycles. The summed E-state index contributed by atoms with van der Waals surface area (Å²) in [6.45, 7) is 1.87. The van der Waals surface area contributed by atoms with Gasteiger partial charge in [0.15, 0.2) is 5.75 Å². The number of benzene rings is 1. The van der Waals surface area contributed by atoms with Crippen LogP contribution in [-0.2, 0) is 0 Å². The first-order valence-corrected chi connectivity index (χ1v) is 2.96. The van der Waals surface area contributed by atoms with E-state index in [1.54, 1.807) is 12.1 Å². The van der Waals surface area contributed by atoms with E-state index in [0.29, 0.717) is 11.4 Å². The Morgan fingerprint density at radius 1 is 1.18 bits per heavy atom. The van der Waals surface area contributed by atoms with Gasteiger partial charge in [-0.25, -0.2) is 0 Å². The molecule has 0 aliphatic rings. The highest BCUT2D eigenvalue weighted by Crippen LogP contribution is 2.27. The minimum Gasteiger partial charge on any atom is -0.504 e. The van der Waals surface area contributed by atoms with Crippen LogP contribution in [0.5, 0.6) is 5.75 Å². The normalized spacial score (nSPS) is 8.82. The van der Waals surface area contributed by atoms with E-state index in [1.807, 2.05) is 6.92 Å². The summed E-state index contributed by atoms with van der Waals surface area (Å²) in [4.78, 5) is 0. The SMILES string of the molecule is C.Cc1cc(N)c(O)c(N)c1. The Kier molecular flexibility index (Phi) is 2.75. The summed E-state index contributed by atoms with van der Waals surface area (Å²) in [6, 6.07) is 3.34. The minimum atomic E-state index is -0.0226. The first-order valence-electron chi connectivity index (χ1n) is 2.96. The van der Waals surface area contributed by atoms with Crippen molar-refractivity contribution in [3.63, 3.8) is 0 Å². The molecule has 0 aliphatic heterocycles. The van der Waals surface area contributed by atoms with E-state index in [-0.39, 0.29) is 13.2 Å². The molecule has 11 heavy (non-hydrogen) atoms. The molecule has 0 aromatic heterocycles. The first-order chi connectivity index (χ1) is 4.61. The number of hydrogen-bond donors (Lipinski definition) is 3. The first kappa shape index (κ1) is 9.62. The molecule has 0 fully saturated rings. The van der Waals surface area contributed by atoms with E-state index in [0.717, 1.165) is 5.56 Å². The van der Waals surface area contributed by atoms with Gasteiger partial charge in [0.05, 0.1) is 11.4 Å². The van der Waals surface area contributed by atoms with Crippen LogP contribution in [0.1, 0.15) is 13.0 Å². The fraction of sp³-hybridized carbons (Fsp3) is 0.250. The number of aryl methyl sites for hydroxylation is 1. The molecule has 1 aromatic rings. The molecule has 0 saturated heterocycles. The van der Waals surface area contributed by atoms with Crippen molar-refractivity contribution in [3.8, 4) is 5.75 Å². The Balaban J connectivity index is 0.000001000. The van der Waals surface area contributed by atoms with Gasteiger partial charge in [-0.1, -0.05) is 7.43 Å². The molecule has 0 amide bonds. The number of nitrogens with two attached hydrogens (primary N) is 2. The molecule has 0 unspecified atom stereocenters. The van der Waals surface area contributed by atoms with Crippen molar-refractivity contribution in [2.75, 3.05) is 11.5 Å². The van der Waals surface area contributed by atoms with Crippen molar-refractivity contribution in [2.45, 2.75) is 14.4 Å². The number of hydrogen-bond acceptors (Lipinski definition) is 3. The topological polar surface area (TPSA) is 72.3 Å².